The van der Waals surface area contributed by atoms with Gasteiger partial charge in [0.2, 0.25) is 11.8 Å². The third-order valence-corrected chi connectivity index (χ3v) is 6.42. The largest absolute Gasteiger partial charge is 0.497 e. The van der Waals surface area contributed by atoms with Gasteiger partial charge in [0.15, 0.2) is 21.3 Å². The molecule has 4 rings (SSSR count). The van der Waals surface area contributed by atoms with Gasteiger partial charge in [-0.15, -0.1) is 5.10 Å². The van der Waals surface area contributed by atoms with Crippen LogP contribution in [0.15, 0.2) is 51.8 Å². The average molecular weight is 459 g/mol. The molecular formula is C21H21N3O7S. The molecule has 1 N–H and O–H groups in total. The summed E-state index contributed by atoms with van der Waals surface area (Å²) >= 11 is 0. The number of carbonyl (C=O) groups excluding carboxylic acids is 1. The Morgan fingerprint density at radius 2 is 1.81 bits per heavy atom. The van der Waals surface area contributed by atoms with Gasteiger partial charge in [0.25, 0.3) is 0 Å². The van der Waals surface area contributed by atoms with Gasteiger partial charge in [-0.3, -0.25) is 10.1 Å². The summed E-state index contributed by atoms with van der Waals surface area (Å²) in [6, 6.07) is 11.4. The number of rotatable bonds is 8. The van der Waals surface area contributed by atoms with Crippen molar-refractivity contribution >= 4 is 21.8 Å². The summed E-state index contributed by atoms with van der Waals surface area (Å²) in [7, 11) is -2.13. The summed E-state index contributed by atoms with van der Waals surface area (Å²) in [4.78, 5) is 12.3. The first kappa shape index (κ1) is 21.6. The lowest BCUT2D eigenvalue weighted by Gasteiger charge is -2.18. The molecule has 32 heavy (non-hydrogen) atoms. The van der Waals surface area contributed by atoms with Gasteiger partial charge in [-0.1, -0.05) is 11.2 Å². The topological polar surface area (TPSA) is 130 Å². The standard InChI is InChI=1S/C21H21N3O7S/c1-28-15-3-5-16(6-4-15)32(26,27)11-8-19(25)22-21-24-23-20(31-21)13-14-2-7-17-18(12-14)30-10-9-29-17/h2-7,12H,8-11,13H2,1H3,(H,22,24,25). The van der Waals surface area contributed by atoms with Crippen molar-refractivity contribution in [3.05, 3.63) is 53.9 Å². The Kier molecular flexibility index (Phi) is 6.26. The van der Waals surface area contributed by atoms with E-state index in [1.54, 1.807) is 12.1 Å². The molecule has 0 unspecified atom stereocenters. The van der Waals surface area contributed by atoms with E-state index < -0.39 is 15.7 Å². The zero-order chi connectivity index (χ0) is 22.6. The fourth-order valence-electron chi connectivity index (χ4n) is 3.06. The molecule has 10 nitrogen and oxygen atoms in total. The van der Waals surface area contributed by atoms with Gasteiger partial charge in [0.1, 0.15) is 19.0 Å². The van der Waals surface area contributed by atoms with Crippen LogP contribution >= 0.6 is 0 Å². The van der Waals surface area contributed by atoms with Crippen LogP contribution in [0.3, 0.4) is 0 Å². The normalized spacial score (nSPS) is 12.9. The second kappa shape index (κ2) is 9.27. The number of hydrogen-bond acceptors (Lipinski definition) is 9. The van der Waals surface area contributed by atoms with Crippen LogP contribution in [0, 0.1) is 0 Å². The van der Waals surface area contributed by atoms with Gasteiger partial charge in [-0.2, -0.15) is 0 Å². The van der Waals surface area contributed by atoms with E-state index >= 15 is 0 Å². The number of sulfone groups is 1. The molecule has 168 valence electrons. The summed E-state index contributed by atoms with van der Waals surface area (Å²) < 4.78 is 46.3. The number of methoxy groups -OCH3 is 1. The maximum atomic E-state index is 12.4. The van der Waals surface area contributed by atoms with Crippen LogP contribution in [0.25, 0.3) is 0 Å². The zero-order valence-electron chi connectivity index (χ0n) is 17.2. The molecule has 0 spiro atoms. The Balaban J connectivity index is 1.31. The van der Waals surface area contributed by atoms with E-state index in [1.807, 2.05) is 18.2 Å². The molecule has 0 bridgehead atoms. The van der Waals surface area contributed by atoms with E-state index in [9.17, 15) is 13.2 Å². The number of hydrogen-bond donors (Lipinski definition) is 1. The van der Waals surface area contributed by atoms with E-state index in [2.05, 4.69) is 15.5 Å². The molecule has 1 amide bonds. The highest BCUT2D eigenvalue weighted by Gasteiger charge is 2.18. The van der Waals surface area contributed by atoms with Crippen molar-refractivity contribution in [3.8, 4) is 17.2 Å². The minimum absolute atomic E-state index is 0.0932. The Bertz CT molecular complexity index is 1210. The average Bonchev–Trinajstić information content (AvgIpc) is 3.24. The van der Waals surface area contributed by atoms with Crippen LogP contribution in [0.5, 0.6) is 17.2 Å². The Morgan fingerprint density at radius 3 is 2.56 bits per heavy atom. The molecular weight excluding hydrogens is 438 g/mol. The molecule has 0 saturated carbocycles. The number of fused-ring (bicyclic) bond motifs is 1. The molecule has 3 aromatic rings. The molecule has 0 fully saturated rings. The Morgan fingerprint density at radius 1 is 1.06 bits per heavy atom. The molecule has 0 saturated heterocycles. The summed E-state index contributed by atoms with van der Waals surface area (Å²) in [6.07, 6.45) is 0.0829. The van der Waals surface area contributed by atoms with Crippen molar-refractivity contribution in [2.24, 2.45) is 0 Å². The minimum atomic E-state index is -3.62. The van der Waals surface area contributed by atoms with Crippen molar-refractivity contribution in [1.29, 1.82) is 0 Å². The van der Waals surface area contributed by atoms with E-state index in [-0.39, 0.29) is 23.1 Å². The highest BCUT2D eigenvalue weighted by molar-refractivity contribution is 7.91. The van der Waals surface area contributed by atoms with Gasteiger partial charge < -0.3 is 18.6 Å². The number of aromatic nitrogens is 2. The third kappa shape index (κ3) is 5.17. The molecule has 1 aromatic heterocycles. The van der Waals surface area contributed by atoms with Crippen LogP contribution in [0.4, 0.5) is 6.01 Å². The number of nitrogens with one attached hydrogen (secondary N) is 1. The molecule has 2 heterocycles. The molecule has 1 aliphatic heterocycles. The number of amides is 1. The summed E-state index contributed by atoms with van der Waals surface area (Å²) in [5.41, 5.74) is 0.876. The number of carbonyl (C=O) groups is 1. The van der Waals surface area contributed by atoms with Crippen LogP contribution in [-0.2, 0) is 21.1 Å². The molecule has 1 aliphatic rings. The molecule has 11 heteroatoms. The van der Waals surface area contributed by atoms with Crippen LogP contribution < -0.4 is 19.5 Å². The van der Waals surface area contributed by atoms with Gasteiger partial charge in [-0.25, -0.2) is 8.42 Å². The summed E-state index contributed by atoms with van der Waals surface area (Å²) in [5.74, 6) is 1.27. The quantitative estimate of drug-likeness (QED) is 0.539. The Labute approximate surface area is 184 Å². The number of nitrogens with zero attached hydrogens (tertiary/aromatic N) is 2. The second-order valence-corrected chi connectivity index (χ2v) is 9.06. The monoisotopic (exact) mass is 459 g/mol. The van der Waals surface area contributed by atoms with E-state index in [0.29, 0.717) is 42.8 Å². The fraction of sp³-hybridized carbons (Fsp3) is 0.286. The van der Waals surface area contributed by atoms with Crippen LogP contribution in [0.2, 0.25) is 0 Å². The highest BCUT2D eigenvalue weighted by atomic mass is 32.2. The van der Waals surface area contributed by atoms with Crippen molar-refractivity contribution in [3.63, 3.8) is 0 Å². The fourth-order valence-corrected chi connectivity index (χ4v) is 4.30. The first-order chi connectivity index (χ1) is 15.4. The van der Waals surface area contributed by atoms with Crippen LogP contribution in [-0.4, -0.2) is 50.6 Å². The predicted octanol–water partition coefficient (Wildman–Crippen LogP) is 2.24. The van der Waals surface area contributed by atoms with E-state index in [0.717, 1.165) is 5.56 Å². The summed E-state index contributed by atoms with van der Waals surface area (Å²) in [6.45, 7) is 1.00. The SMILES string of the molecule is COc1ccc(S(=O)(=O)CCC(=O)Nc2nnc(Cc3ccc4c(c3)OCCO4)o2)cc1. The van der Waals surface area contributed by atoms with Gasteiger partial charge in [0, 0.05) is 6.42 Å². The molecule has 0 aliphatic carbocycles. The van der Waals surface area contributed by atoms with E-state index in [1.165, 1.54) is 19.2 Å². The number of benzene rings is 2. The lowest BCUT2D eigenvalue weighted by atomic mass is 10.1. The minimum Gasteiger partial charge on any atom is -0.497 e. The molecule has 2 aromatic carbocycles. The number of anilines is 1. The van der Waals surface area contributed by atoms with Gasteiger partial charge in [0.05, 0.1) is 24.2 Å². The van der Waals surface area contributed by atoms with Crippen LogP contribution in [0.1, 0.15) is 17.9 Å². The molecule has 0 atom stereocenters. The third-order valence-electron chi connectivity index (χ3n) is 4.69. The van der Waals surface area contributed by atoms with Crippen molar-refractivity contribution < 1.29 is 31.8 Å². The second-order valence-electron chi connectivity index (χ2n) is 6.95. The lowest BCUT2D eigenvalue weighted by molar-refractivity contribution is -0.116. The maximum Gasteiger partial charge on any atom is 0.322 e. The van der Waals surface area contributed by atoms with E-state index in [4.69, 9.17) is 18.6 Å². The smallest absolute Gasteiger partial charge is 0.322 e. The number of ether oxygens (including phenoxy) is 3. The zero-order valence-corrected chi connectivity index (χ0v) is 18.1. The first-order valence-electron chi connectivity index (χ1n) is 9.80. The van der Waals surface area contributed by atoms with Crippen molar-refractivity contribution in [2.45, 2.75) is 17.7 Å². The Hall–Kier alpha value is -3.60. The predicted molar refractivity (Wildman–Crippen MR) is 113 cm³/mol. The van der Waals surface area contributed by atoms with Gasteiger partial charge in [-0.05, 0) is 42.0 Å². The van der Waals surface area contributed by atoms with Crippen molar-refractivity contribution in [1.82, 2.24) is 10.2 Å². The van der Waals surface area contributed by atoms with Crippen molar-refractivity contribution in [2.75, 3.05) is 31.4 Å². The summed E-state index contributed by atoms with van der Waals surface area (Å²) in [5, 5.41) is 10.1. The first-order valence-corrected chi connectivity index (χ1v) is 11.5. The highest BCUT2D eigenvalue weighted by Crippen LogP contribution is 2.31. The van der Waals surface area contributed by atoms with Gasteiger partial charge >= 0.3 is 6.01 Å². The molecule has 0 radical (unpaired) electrons. The maximum absolute atomic E-state index is 12.4. The lowest BCUT2D eigenvalue weighted by Crippen LogP contribution is -2.17.